The standard InChI is InChI=1S/C20H19N3O6S/c24-14-6-20(10-29-11-20)23(19(28)16(14)17(27)21-8-15(25)26)9-13-7-22-18(30-13)12-4-2-1-3-5-12/h1-5,7,24H,6,8-11H2,(H,21,27)(H,25,26). The first-order valence-corrected chi connectivity index (χ1v) is 10.0. The van der Waals surface area contributed by atoms with Crippen molar-refractivity contribution in [1.82, 2.24) is 15.2 Å². The molecule has 3 heterocycles. The van der Waals surface area contributed by atoms with Crippen LogP contribution in [0, 0.1) is 0 Å². The molecule has 1 aromatic heterocycles. The Morgan fingerprint density at radius 3 is 2.63 bits per heavy atom. The zero-order valence-corrected chi connectivity index (χ0v) is 16.6. The average Bonchev–Trinajstić information content (AvgIpc) is 3.16. The maximum atomic E-state index is 13.1. The lowest BCUT2D eigenvalue weighted by molar-refractivity contribution is -0.172. The number of rotatable bonds is 6. The second-order valence-electron chi connectivity index (χ2n) is 7.18. The molecule has 9 nitrogen and oxygen atoms in total. The van der Waals surface area contributed by atoms with Gasteiger partial charge in [-0.05, 0) is 0 Å². The van der Waals surface area contributed by atoms with Crippen molar-refractivity contribution in [1.29, 1.82) is 0 Å². The third-order valence-corrected chi connectivity index (χ3v) is 6.10. The fourth-order valence-electron chi connectivity index (χ4n) is 3.53. The fraction of sp³-hybridized carbons (Fsp3) is 0.300. The first kappa shape index (κ1) is 20.0. The average molecular weight is 429 g/mol. The molecule has 1 fully saturated rings. The normalized spacial score (nSPS) is 17.7. The largest absolute Gasteiger partial charge is 0.511 e. The van der Waals surface area contributed by atoms with Crippen LogP contribution in [0.4, 0.5) is 0 Å². The van der Waals surface area contributed by atoms with Crippen LogP contribution in [0.5, 0.6) is 0 Å². The minimum Gasteiger partial charge on any atom is -0.511 e. The number of ether oxygens (including phenoxy) is 1. The van der Waals surface area contributed by atoms with Gasteiger partial charge in [-0.25, -0.2) is 4.98 Å². The number of aliphatic carboxylic acids is 1. The monoisotopic (exact) mass is 429 g/mol. The van der Waals surface area contributed by atoms with E-state index in [2.05, 4.69) is 10.3 Å². The molecular weight excluding hydrogens is 410 g/mol. The number of nitrogens with zero attached hydrogens (tertiary/aromatic N) is 2. The van der Waals surface area contributed by atoms with Gasteiger partial charge >= 0.3 is 5.97 Å². The second kappa shape index (κ2) is 7.88. The maximum absolute atomic E-state index is 13.1. The first-order valence-electron chi connectivity index (χ1n) is 9.21. The molecule has 3 N–H and O–H groups in total. The molecule has 0 radical (unpaired) electrons. The predicted octanol–water partition coefficient (Wildman–Crippen LogP) is 1.32. The molecule has 0 aliphatic carbocycles. The van der Waals surface area contributed by atoms with E-state index in [4.69, 9.17) is 9.84 Å². The van der Waals surface area contributed by atoms with Crippen LogP contribution in [0.1, 0.15) is 11.3 Å². The summed E-state index contributed by atoms with van der Waals surface area (Å²) < 4.78 is 5.31. The molecule has 2 amide bonds. The topological polar surface area (TPSA) is 129 Å². The highest BCUT2D eigenvalue weighted by molar-refractivity contribution is 7.15. The Bertz CT molecular complexity index is 1030. The van der Waals surface area contributed by atoms with E-state index in [-0.39, 0.29) is 31.9 Å². The van der Waals surface area contributed by atoms with E-state index in [0.29, 0.717) is 0 Å². The summed E-state index contributed by atoms with van der Waals surface area (Å²) in [5.74, 6) is -3.16. The maximum Gasteiger partial charge on any atom is 0.322 e. The lowest BCUT2D eigenvalue weighted by Gasteiger charge is -2.51. The Morgan fingerprint density at radius 2 is 2.00 bits per heavy atom. The van der Waals surface area contributed by atoms with Gasteiger partial charge in [-0.2, -0.15) is 0 Å². The lowest BCUT2D eigenvalue weighted by Crippen LogP contribution is -2.66. The number of carboxylic acid groups (broad SMARTS) is 1. The Balaban J connectivity index is 1.59. The summed E-state index contributed by atoms with van der Waals surface area (Å²) >= 11 is 1.44. The van der Waals surface area contributed by atoms with E-state index >= 15 is 0 Å². The highest BCUT2D eigenvalue weighted by atomic mass is 32.1. The molecule has 0 bridgehead atoms. The minimum absolute atomic E-state index is 0.0684. The molecule has 0 unspecified atom stereocenters. The molecule has 0 atom stereocenters. The van der Waals surface area contributed by atoms with Crippen LogP contribution in [-0.2, 0) is 25.7 Å². The van der Waals surface area contributed by atoms with Crippen LogP contribution in [0.2, 0.25) is 0 Å². The number of carbonyl (C=O) groups excluding carboxylic acids is 2. The van der Waals surface area contributed by atoms with Gasteiger partial charge in [0.1, 0.15) is 22.9 Å². The fourth-order valence-corrected chi connectivity index (χ4v) is 4.43. The minimum atomic E-state index is -1.24. The summed E-state index contributed by atoms with van der Waals surface area (Å²) in [5, 5.41) is 22.1. The number of nitrogens with one attached hydrogen (secondary N) is 1. The quantitative estimate of drug-likeness (QED) is 0.591. The summed E-state index contributed by atoms with van der Waals surface area (Å²) in [6.07, 6.45) is 1.76. The van der Waals surface area contributed by atoms with E-state index in [0.717, 1.165) is 15.4 Å². The van der Waals surface area contributed by atoms with E-state index in [1.54, 1.807) is 6.20 Å². The molecule has 10 heteroatoms. The van der Waals surface area contributed by atoms with Crippen LogP contribution in [0.3, 0.4) is 0 Å². The molecule has 0 saturated carbocycles. The summed E-state index contributed by atoms with van der Waals surface area (Å²) in [7, 11) is 0. The molecule has 2 aliphatic heterocycles. The van der Waals surface area contributed by atoms with Gasteiger partial charge in [0.2, 0.25) is 0 Å². The molecular formula is C20H19N3O6S. The number of hydrogen-bond acceptors (Lipinski definition) is 7. The highest BCUT2D eigenvalue weighted by Gasteiger charge is 2.52. The SMILES string of the molecule is O=C(O)CNC(=O)C1=C(O)CC2(COC2)N(Cc2cnc(-c3ccccc3)s2)C1=O. The Labute approximate surface area is 175 Å². The van der Waals surface area contributed by atoms with Gasteiger partial charge in [0.15, 0.2) is 0 Å². The van der Waals surface area contributed by atoms with Crippen molar-refractivity contribution in [3.8, 4) is 10.6 Å². The summed E-state index contributed by atoms with van der Waals surface area (Å²) in [5.41, 5.74) is -0.192. The van der Waals surface area contributed by atoms with Crippen LogP contribution in [0.25, 0.3) is 10.6 Å². The van der Waals surface area contributed by atoms with Crippen molar-refractivity contribution >= 4 is 29.1 Å². The summed E-state index contributed by atoms with van der Waals surface area (Å²) in [6.45, 7) is 0.0520. The third kappa shape index (κ3) is 3.66. The molecule has 2 aromatic rings. The lowest BCUT2D eigenvalue weighted by atomic mass is 9.84. The van der Waals surface area contributed by atoms with Crippen LogP contribution in [0.15, 0.2) is 47.9 Å². The van der Waals surface area contributed by atoms with Crippen molar-refractivity contribution in [2.45, 2.75) is 18.5 Å². The first-order chi connectivity index (χ1) is 14.4. The van der Waals surface area contributed by atoms with Crippen molar-refractivity contribution in [2.75, 3.05) is 19.8 Å². The number of aromatic nitrogens is 1. The summed E-state index contributed by atoms with van der Waals surface area (Å²) in [6, 6.07) is 9.64. The molecule has 1 saturated heterocycles. The van der Waals surface area contributed by atoms with Crippen molar-refractivity contribution in [2.24, 2.45) is 0 Å². The number of hydrogen-bond donors (Lipinski definition) is 3. The van der Waals surface area contributed by atoms with Crippen LogP contribution < -0.4 is 5.32 Å². The van der Waals surface area contributed by atoms with Gasteiger partial charge in [0, 0.05) is 23.1 Å². The number of benzene rings is 1. The van der Waals surface area contributed by atoms with Crippen LogP contribution >= 0.6 is 11.3 Å². The van der Waals surface area contributed by atoms with Gasteiger partial charge in [-0.15, -0.1) is 11.3 Å². The third-order valence-electron chi connectivity index (χ3n) is 5.07. The molecule has 156 valence electrons. The van der Waals surface area contributed by atoms with Crippen molar-refractivity contribution < 1.29 is 29.3 Å². The molecule has 1 aromatic carbocycles. The van der Waals surface area contributed by atoms with Gasteiger partial charge in [-0.3, -0.25) is 14.4 Å². The van der Waals surface area contributed by atoms with Gasteiger partial charge in [-0.1, -0.05) is 30.3 Å². The number of amides is 2. The van der Waals surface area contributed by atoms with E-state index in [1.165, 1.54) is 16.2 Å². The van der Waals surface area contributed by atoms with Gasteiger partial charge in [0.25, 0.3) is 11.8 Å². The Kier molecular flexibility index (Phi) is 5.27. The Hall–Kier alpha value is -3.24. The summed E-state index contributed by atoms with van der Waals surface area (Å²) in [4.78, 5) is 43.0. The van der Waals surface area contributed by atoms with E-state index < -0.39 is 35.4 Å². The number of thiazole rings is 1. The van der Waals surface area contributed by atoms with Crippen molar-refractivity contribution in [3.05, 3.63) is 52.7 Å². The molecule has 2 aliphatic rings. The number of aliphatic hydroxyl groups is 1. The zero-order valence-electron chi connectivity index (χ0n) is 15.8. The van der Waals surface area contributed by atoms with E-state index in [9.17, 15) is 19.5 Å². The molecule has 30 heavy (non-hydrogen) atoms. The van der Waals surface area contributed by atoms with E-state index in [1.807, 2.05) is 30.3 Å². The predicted molar refractivity (Wildman–Crippen MR) is 107 cm³/mol. The van der Waals surface area contributed by atoms with Gasteiger partial charge in [0.05, 0.1) is 25.3 Å². The molecule has 4 rings (SSSR count). The van der Waals surface area contributed by atoms with Crippen LogP contribution in [-0.4, -0.2) is 63.2 Å². The number of carbonyl (C=O) groups is 3. The highest BCUT2D eigenvalue weighted by Crippen LogP contribution is 2.39. The Morgan fingerprint density at radius 1 is 1.27 bits per heavy atom. The smallest absolute Gasteiger partial charge is 0.322 e. The molecule has 1 spiro atoms. The van der Waals surface area contributed by atoms with Gasteiger partial charge < -0.3 is 25.2 Å². The number of carboxylic acids is 1. The number of aliphatic hydroxyl groups excluding tert-OH is 1. The second-order valence-corrected chi connectivity index (χ2v) is 8.30. The zero-order chi connectivity index (χ0) is 21.3. The van der Waals surface area contributed by atoms with Crippen molar-refractivity contribution in [3.63, 3.8) is 0 Å².